The van der Waals surface area contributed by atoms with E-state index in [9.17, 15) is 9.59 Å². The van der Waals surface area contributed by atoms with Crippen LogP contribution in [0, 0.1) is 11.8 Å². The van der Waals surface area contributed by atoms with Crippen LogP contribution in [0.15, 0.2) is 60.7 Å². The topological polar surface area (TPSA) is 65.1 Å². The summed E-state index contributed by atoms with van der Waals surface area (Å²) in [6, 6.07) is 22.7. The highest BCUT2D eigenvalue weighted by molar-refractivity contribution is 7.99. The average molecular weight is 1040 g/mol. The lowest BCUT2D eigenvalue weighted by Gasteiger charge is -2.43. The first kappa shape index (κ1) is 66.0. The summed E-state index contributed by atoms with van der Waals surface area (Å²) in [5.74, 6) is 3.35. The molecule has 0 spiro atoms. The average Bonchev–Trinajstić information content (AvgIpc) is 3.37. The lowest BCUT2D eigenvalue weighted by atomic mass is 9.87. The fourth-order valence-electron chi connectivity index (χ4n) is 10.8. The van der Waals surface area contributed by atoms with Crippen molar-refractivity contribution in [3.63, 3.8) is 0 Å². The van der Waals surface area contributed by atoms with Crippen LogP contribution >= 0.6 is 11.8 Å². The van der Waals surface area contributed by atoms with Gasteiger partial charge in [-0.05, 0) is 117 Å². The molecule has 6 nitrogen and oxygen atoms in total. The van der Waals surface area contributed by atoms with E-state index < -0.39 is 8.32 Å². The quantitative estimate of drug-likeness (QED) is 0.0372. The SMILES string of the molecule is CCCCCCCC(=O)OCCC(CCCCC)CCC(CCC(CCCCC)CCSCC(CCCC)OC(=O)CCCCCCC)N(C)CCCCO[Si](c1ccccc1)(c1ccccc1)C(C)(C)C. The van der Waals surface area contributed by atoms with Crippen LogP contribution in [-0.4, -0.2) is 75.6 Å². The summed E-state index contributed by atoms with van der Waals surface area (Å²) in [4.78, 5) is 28.3. The Balaban J connectivity index is 2.20. The first-order valence-electron chi connectivity index (χ1n) is 30.3. The molecule has 2 aromatic rings. The molecule has 0 saturated carbocycles. The molecule has 0 bridgehead atoms. The fraction of sp³-hybridized carbons (Fsp3) is 0.781. The highest BCUT2D eigenvalue weighted by Gasteiger charge is 2.50. The van der Waals surface area contributed by atoms with Gasteiger partial charge in [0.15, 0.2) is 0 Å². The minimum absolute atomic E-state index is 0.00622. The van der Waals surface area contributed by atoms with Gasteiger partial charge in [-0.1, -0.05) is 232 Å². The number of thioether (sulfide) groups is 1. The Morgan fingerprint density at radius 2 is 1.03 bits per heavy atom. The second-order valence-electron chi connectivity index (χ2n) is 22.7. The van der Waals surface area contributed by atoms with Gasteiger partial charge in [-0.15, -0.1) is 0 Å². The van der Waals surface area contributed by atoms with Gasteiger partial charge >= 0.3 is 11.9 Å². The summed E-state index contributed by atoms with van der Waals surface area (Å²) in [6.07, 6.45) is 35.3. The number of rotatable bonds is 47. The predicted octanol–water partition coefficient (Wildman–Crippen LogP) is 17.5. The van der Waals surface area contributed by atoms with E-state index in [0.29, 0.717) is 37.3 Å². The van der Waals surface area contributed by atoms with Gasteiger partial charge in [0.2, 0.25) is 0 Å². The molecular formula is C64H113NO5SSi. The molecule has 4 unspecified atom stereocenters. The molecule has 0 aliphatic rings. The smallest absolute Gasteiger partial charge is 0.306 e. The third kappa shape index (κ3) is 28.7. The van der Waals surface area contributed by atoms with E-state index in [-0.39, 0.29) is 23.1 Å². The van der Waals surface area contributed by atoms with Crippen molar-refractivity contribution in [2.75, 3.05) is 38.3 Å². The predicted molar refractivity (Wildman–Crippen MR) is 317 cm³/mol. The number of unbranched alkanes of at least 4 members (excludes halogenated alkanes) is 14. The summed E-state index contributed by atoms with van der Waals surface area (Å²) in [7, 11) is -0.174. The van der Waals surface area contributed by atoms with E-state index in [0.717, 1.165) is 88.9 Å². The van der Waals surface area contributed by atoms with Gasteiger partial charge in [0.1, 0.15) is 6.10 Å². The second kappa shape index (κ2) is 42.0. The van der Waals surface area contributed by atoms with E-state index in [4.69, 9.17) is 13.9 Å². The third-order valence-corrected chi connectivity index (χ3v) is 21.6. The first-order chi connectivity index (χ1) is 34.9. The Labute approximate surface area is 451 Å². The van der Waals surface area contributed by atoms with Crippen molar-refractivity contribution in [3.05, 3.63) is 60.7 Å². The number of hydrogen-bond donors (Lipinski definition) is 0. The fourth-order valence-corrected chi connectivity index (χ4v) is 16.6. The van der Waals surface area contributed by atoms with Crippen LogP contribution < -0.4 is 10.4 Å². The Kier molecular flexibility index (Phi) is 38.5. The Morgan fingerprint density at radius 1 is 0.528 bits per heavy atom. The van der Waals surface area contributed by atoms with E-state index >= 15 is 0 Å². The molecule has 0 heterocycles. The maximum Gasteiger partial charge on any atom is 0.306 e. The summed E-state index contributed by atoms with van der Waals surface area (Å²) >= 11 is 2.02. The number of nitrogens with zero attached hydrogens (tertiary/aromatic N) is 1. The van der Waals surface area contributed by atoms with Crippen LogP contribution in [0.1, 0.15) is 254 Å². The molecule has 0 radical (unpaired) electrons. The van der Waals surface area contributed by atoms with Crippen molar-refractivity contribution in [2.45, 2.75) is 272 Å². The Morgan fingerprint density at radius 3 is 1.56 bits per heavy atom. The maximum atomic E-state index is 12.9. The van der Waals surface area contributed by atoms with Crippen molar-refractivity contribution in [1.29, 1.82) is 0 Å². The molecule has 414 valence electrons. The first-order valence-corrected chi connectivity index (χ1v) is 33.4. The van der Waals surface area contributed by atoms with Crippen molar-refractivity contribution in [3.8, 4) is 0 Å². The Hall–Kier alpha value is -2.13. The molecule has 0 saturated heterocycles. The molecule has 0 aliphatic carbocycles. The maximum absolute atomic E-state index is 12.9. The van der Waals surface area contributed by atoms with Crippen molar-refractivity contribution in [2.24, 2.45) is 11.8 Å². The van der Waals surface area contributed by atoms with Crippen LogP contribution in [0.2, 0.25) is 5.04 Å². The van der Waals surface area contributed by atoms with Crippen molar-refractivity contribution < 1.29 is 23.5 Å². The monoisotopic (exact) mass is 1040 g/mol. The third-order valence-electron chi connectivity index (χ3n) is 15.4. The summed E-state index contributed by atoms with van der Waals surface area (Å²) < 4.78 is 19.3. The largest absolute Gasteiger partial charge is 0.466 e. The van der Waals surface area contributed by atoms with Gasteiger partial charge in [-0.25, -0.2) is 0 Å². The highest BCUT2D eigenvalue weighted by atomic mass is 32.2. The van der Waals surface area contributed by atoms with Crippen LogP contribution in [0.4, 0.5) is 0 Å². The highest BCUT2D eigenvalue weighted by Crippen LogP contribution is 2.37. The standard InChI is InChI=1S/C64H113NO5SSi/c1-10-15-20-22-32-43-62(66)68-53-49-56(36-26-17-12-3)45-47-58(65(9)51-34-35-52-69-72(64(6,7)8,60-39-28-24-29-40-60)61-41-30-25-31-42-61)48-46-57(37-27-18-13-4)50-54-71-55-59(38-19-14-5)70-63(67)44-33-23-21-16-11-2/h24-25,28-31,39-42,56-59H,10-23,26-27,32-38,43-55H2,1-9H3. The van der Waals surface area contributed by atoms with E-state index in [1.54, 1.807) is 0 Å². The summed E-state index contributed by atoms with van der Waals surface area (Å²) in [6.45, 7) is 20.8. The number of ether oxygens (including phenoxy) is 2. The second-order valence-corrected chi connectivity index (χ2v) is 28.1. The van der Waals surface area contributed by atoms with E-state index in [2.05, 4.69) is 128 Å². The lowest BCUT2D eigenvalue weighted by Crippen LogP contribution is -2.66. The molecule has 0 aliphatic heterocycles. The van der Waals surface area contributed by atoms with Crippen LogP contribution in [-0.2, 0) is 23.5 Å². The molecule has 0 fully saturated rings. The molecule has 0 amide bonds. The van der Waals surface area contributed by atoms with Gasteiger partial charge < -0.3 is 18.8 Å². The van der Waals surface area contributed by atoms with Gasteiger partial charge in [-0.2, -0.15) is 11.8 Å². The number of carbonyl (C=O) groups excluding carboxylic acids is 2. The van der Waals surface area contributed by atoms with Gasteiger partial charge in [0.25, 0.3) is 8.32 Å². The number of benzene rings is 2. The minimum atomic E-state index is -2.57. The molecule has 4 atom stereocenters. The molecule has 2 rings (SSSR count). The molecule has 0 N–H and O–H groups in total. The number of esters is 2. The summed E-state index contributed by atoms with van der Waals surface area (Å²) in [5, 5.41) is 2.67. The van der Waals surface area contributed by atoms with Gasteiger partial charge in [0, 0.05) is 31.2 Å². The lowest BCUT2D eigenvalue weighted by molar-refractivity contribution is -0.148. The zero-order valence-electron chi connectivity index (χ0n) is 48.4. The van der Waals surface area contributed by atoms with Crippen LogP contribution in [0.5, 0.6) is 0 Å². The van der Waals surface area contributed by atoms with Crippen molar-refractivity contribution >= 4 is 42.4 Å². The van der Waals surface area contributed by atoms with Gasteiger partial charge in [-0.3, -0.25) is 9.59 Å². The normalized spacial score (nSPS) is 13.8. The molecular weight excluding hydrogens is 923 g/mol. The molecule has 8 heteroatoms. The number of hydrogen-bond acceptors (Lipinski definition) is 7. The molecule has 72 heavy (non-hydrogen) atoms. The molecule has 2 aromatic carbocycles. The van der Waals surface area contributed by atoms with Gasteiger partial charge in [0.05, 0.1) is 6.61 Å². The van der Waals surface area contributed by atoms with E-state index in [1.807, 2.05) is 11.8 Å². The van der Waals surface area contributed by atoms with Crippen molar-refractivity contribution in [1.82, 2.24) is 4.90 Å². The number of carbonyl (C=O) groups is 2. The zero-order valence-corrected chi connectivity index (χ0v) is 50.3. The Bertz CT molecular complexity index is 1530. The van der Waals surface area contributed by atoms with E-state index in [1.165, 1.54) is 132 Å². The minimum Gasteiger partial charge on any atom is -0.466 e. The summed E-state index contributed by atoms with van der Waals surface area (Å²) in [5.41, 5.74) is 0. The van der Waals surface area contributed by atoms with Crippen LogP contribution in [0.3, 0.4) is 0 Å². The van der Waals surface area contributed by atoms with Crippen LogP contribution in [0.25, 0.3) is 0 Å². The zero-order chi connectivity index (χ0) is 52.6. The molecule has 0 aromatic heterocycles.